The van der Waals surface area contributed by atoms with Gasteiger partial charge in [-0.25, -0.2) is 22.9 Å². The van der Waals surface area contributed by atoms with E-state index in [1.165, 1.54) is 16.8 Å². The van der Waals surface area contributed by atoms with E-state index in [0.29, 0.717) is 35.3 Å². The molecule has 10 nitrogen and oxygen atoms in total. The summed E-state index contributed by atoms with van der Waals surface area (Å²) in [6.07, 6.45) is 0.479. The number of fused-ring (bicyclic) bond motifs is 1. The standard InChI is InChI=1S/C24H26N6O4S/c1-15-22-21(16(2)29(28-22)19-7-5-4-6-8-19)24(32)30(27-15)17(3)23(31)26-14-13-18-9-11-20(12-10-18)35(25,33)34/h4-12,17H,13-14H2,1-3H3,(H,26,31)(H2,25,33,34). The molecule has 2 aromatic carbocycles. The normalized spacial score (nSPS) is 12.6. The van der Waals surface area contributed by atoms with E-state index in [-0.39, 0.29) is 16.4 Å². The van der Waals surface area contributed by atoms with Gasteiger partial charge in [-0.2, -0.15) is 10.2 Å². The third kappa shape index (κ3) is 4.86. The number of nitrogens with one attached hydrogen (secondary N) is 1. The molecule has 0 bridgehead atoms. The molecule has 0 saturated carbocycles. The number of sulfonamides is 1. The lowest BCUT2D eigenvalue weighted by atomic mass is 10.1. The quantitative estimate of drug-likeness (QED) is 0.401. The Balaban J connectivity index is 1.52. The Morgan fingerprint density at radius 2 is 1.71 bits per heavy atom. The highest BCUT2D eigenvalue weighted by molar-refractivity contribution is 7.89. The highest BCUT2D eigenvalue weighted by atomic mass is 32.2. The molecular formula is C24H26N6O4S. The van der Waals surface area contributed by atoms with E-state index in [1.54, 1.807) is 30.7 Å². The summed E-state index contributed by atoms with van der Waals surface area (Å²) in [6.45, 7) is 5.50. The lowest BCUT2D eigenvalue weighted by molar-refractivity contribution is -0.124. The fourth-order valence-corrected chi connectivity index (χ4v) is 4.41. The van der Waals surface area contributed by atoms with Gasteiger partial charge in [0, 0.05) is 6.54 Å². The molecule has 0 spiro atoms. The zero-order chi connectivity index (χ0) is 25.3. The van der Waals surface area contributed by atoms with Crippen LogP contribution in [0.1, 0.15) is 29.9 Å². The molecule has 4 aromatic rings. The largest absolute Gasteiger partial charge is 0.354 e. The lowest BCUT2D eigenvalue weighted by Gasteiger charge is -2.15. The number of hydrogen-bond donors (Lipinski definition) is 2. The molecule has 0 radical (unpaired) electrons. The van der Waals surface area contributed by atoms with Gasteiger partial charge >= 0.3 is 0 Å². The van der Waals surface area contributed by atoms with Crippen LogP contribution in [0.4, 0.5) is 0 Å². The molecule has 11 heteroatoms. The van der Waals surface area contributed by atoms with E-state index in [0.717, 1.165) is 11.3 Å². The van der Waals surface area contributed by atoms with Crippen molar-refractivity contribution in [2.75, 3.05) is 6.54 Å². The number of benzene rings is 2. The number of carbonyl (C=O) groups excluding carboxylic acids is 1. The van der Waals surface area contributed by atoms with Gasteiger partial charge in [0.1, 0.15) is 11.6 Å². The molecule has 3 N–H and O–H groups in total. The average molecular weight is 495 g/mol. The number of carbonyl (C=O) groups is 1. The van der Waals surface area contributed by atoms with Gasteiger partial charge in [0.15, 0.2) is 0 Å². The van der Waals surface area contributed by atoms with Crippen molar-refractivity contribution in [3.05, 3.63) is 81.9 Å². The molecule has 0 saturated heterocycles. The van der Waals surface area contributed by atoms with Crippen LogP contribution in [0.2, 0.25) is 0 Å². The summed E-state index contributed by atoms with van der Waals surface area (Å²) in [5.41, 5.74) is 3.00. The molecule has 1 unspecified atom stereocenters. The fourth-order valence-electron chi connectivity index (χ4n) is 3.90. The van der Waals surface area contributed by atoms with Crippen molar-refractivity contribution >= 4 is 26.8 Å². The minimum absolute atomic E-state index is 0.0287. The predicted molar refractivity (Wildman–Crippen MR) is 132 cm³/mol. The molecule has 35 heavy (non-hydrogen) atoms. The second-order valence-electron chi connectivity index (χ2n) is 8.30. The lowest BCUT2D eigenvalue weighted by Crippen LogP contribution is -2.38. The van der Waals surface area contributed by atoms with Crippen molar-refractivity contribution in [2.24, 2.45) is 5.14 Å². The number of hydrogen-bond acceptors (Lipinski definition) is 6. The molecule has 0 aliphatic carbocycles. The highest BCUT2D eigenvalue weighted by Gasteiger charge is 2.23. The van der Waals surface area contributed by atoms with E-state index in [2.05, 4.69) is 15.5 Å². The van der Waals surface area contributed by atoms with Gasteiger partial charge in [0.2, 0.25) is 15.9 Å². The van der Waals surface area contributed by atoms with E-state index in [9.17, 15) is 18.0 Å². The summed E-state index contributed by atoms with van der Waals surface area (Å²) in [4.78, 5) is 26.1. The van der Waals surface area contributed by atoms with Crippen molar-refractivity contribution in [2.45, 2.75) is 38.1 Å². The molecule has 0 aliphatic heterocycles. The molecule has 2 heterocycles. The van der Waals surface area contributed by atoms with E-state index in [4.69, 9.17) is 5.14 Å². The van der Waals surface area contributed by atoms with Gasteiger partial charge < -0.3 is 5.32 Å². The Bertz CT molecular complexity index is 1560. The van der Waals surface area contributed by atoms with E-state index < -0.39 is 16.1 Å². The van der Waals surface area contributed by atoms with Crippen LogP contribution < -0.4 is 16.0 Å². The first-order valence-corrected chi connectivity index (χ1v) is 12.6. The number of amides is 1. The number of aromatic nitrogens is 4. The van der Waals surface area contributed by atoms with Gasteiger partial charge in [-0.3, -0.25) is 9.59 Å². The Labute approximate surface area is 202 Å². The van der Waals surface area contributed by atoms with Crippen LogP contribution in [0.15, 0.2) is 64.3 Å². The zero-order valence-electron chi connectivity index (χ0n) is 19.6. The smallest absolute Gasteiger partial charge is 0.278 e. The predicted octanol–water partition coefficient (Wildman–Crippen LogP) is 1.77. The van der Waals surface area contributed by atoms with Crippen molar-refractivity contribution in [1.29, 1.82) is 0 Å². The summed E-state index contributed by atoms with van der Waals surface area (Å²) in [6, 6.07) is 14.8. The monoisotopic (exact) mass is 494 g/mol. The van der Waals surface area contributed by atoms with Crippen LogP contribution in [0.5, 0.6) is 0 Å². The molecule has 0 fully saturated rings. The highest BCUT2D eigenvalue weighted by Crippen LogP contribution is 2.20. The maximum Gasteiger partial charge on any atom is 0.278 e. The molecule has 1 atom stereocenters. The second-order valence-corrected chi connectivity index (χ2v) is 9.86. The van der Waals surface area contributed by atoms with E-state index in [1.807, 2.05) is 37.3 Å². The molecule has 4 rings (SSSR count). The van der Waals surface area contributed by atoms with Crippen LogP contribution in [-0.2, 0) is 21.2 Å². The minimum atomic E-state index is -3.75. The Kier molecular flexibility index (Phi) is 6.55. The van der Waals surface area contributed by atoms with Gasteiger partial charge in [-0.05, 0) is 57.0 Å². The molecule has 182 valence electrons. The van der Waals surface area contributed by atoms with Crippen molar-refractivity contribution in [3.8, 4) is 5.69 Å². The second kappa shape index (κ2) is 9.43. The third-order valence-corrected chi connectivity index (χ3v) is 6.78. The Morgan fingerprint density at radius 1 is 1.06 bits per heavy atom. The maximum absolute atomic E-state index is 13.3. The summed E-state index contributed by atoms with van der Waals surface area (Å²) >= 11 is 0. The SMILES string of the molecule is Cc1nn(C(C)C(=O)NCCc2ccc(S(N)(=O)=O)cc2)c(=O)c2c(C)n(-c3ccccc3)nc12. The summed E-state index contributed by atoms with van der Waals surface area (Å²) < 4.78 is 25.6. The van der Waals surface area contributed by atoms with Crippen molar-refractivity contribution in [3.63, 3.8) is 0 Å². The van der Waals surface area contributed by atoms with E-state index >= 15 is 0 Å². The maximum atomic E-state index is 13.3. The summed E-state index contributed by atoms with van der Waals surface area (Å²) in [7, 11) is -3.75. The summed E-state index contributed by atoms with van der Waals surface area (Å²) in [5.74, 6) is -0.354. The van der Waals surface area contributed by atoms with Gasteiger partial charge in [0.05, 0.1) is 27.4 Å². The van der Waals surface area contributed by atoms with Crippen LogP contribution >= 0.6 is 0 Å². The Hall–Kier alpha value is -3.83. The molecular weight excluding hydrogens is 468 g/mol. The van der Waals surface area contributed by atoms with Gasteiger partial charge in [-0.1, -0.05) is 30.3 Å². The van der Waals surface area contributed by atoms with Gasteiger partial charge in [-0.15, -0.1) is 0 Å². The summed E-state index contributed by atoms with van der Waals surface area (Å²) in [5, 5.41) is 17.3. The van der Waals surface area contributed by atoms with Crippen molar-refractivity contribution in [1.82, 2.24) is 24.9 Å². The fraction of sp³-hybridized carbons (Fsp3) is 0.250. The van der Waals surface area contributed by atoms with Gasteiger partial charge in [0.25, 0.3) is 5.56 Å². The average Bonchev–Trinajstić information content (AvgIpc) is 3.19. The first-order chi connectivity index (χ1) is 16.6. The van der Waals surface area contributed by atoms with Crippen molar-refractivity contribution < 1.29 is 13.2 Å². The number of para-hydroxylation sites is 1. The number of rotatable bonds is 7. The van der Waals surface area contributed by atoms with Crippen LogP contribution in [0.3, 0.4) is 0 Å². The van der Waals surface area contributed by atoms with Crippen LogP contribution in [-0.4, -0.2) is 40.4 Å². The minimum Gasteiger partial charge on any atom is -0.354 e. The van der Waals surface area contributed by atoms with Crippen LogP contribution in [0, 0.1) is 13.8 Å². The van der Waals surface area contributed by atoms with Crippen LogP contribution in [0.25, 0.3) is 16.6 Å². The molecule has 1 amide bonds. The number of aryl methyl sites for hydroxylation is 2. The molecule has 0 aliphatic rings. The zero-order valence-corrected chi connectivity index (χ0v) is 20.4. The number of nitrogens with zero attached hydrogens (tertiary/aromatic N) is 4. The first kappa shape index (κ1) is 24.3. The molecule has 2 aromatic heterocycles. The third-order valence-electron chi connectivity index (χ3n) is 5.85. The first-order valence-electron chi connectivity index (χ1n) is 11.0. The Morgan fingerprint density at radius 3 is 2.34 bits per heavy atom. The number of primary sulfonamides is 1. The number of nitrogens with two attached hydrogens (primary N) is 1. The topological polar surface area (TPSA) is 142 Å².